The van der Waals surface area contributed by atoms with Crippen LogP contribution in [-0.2, 0) is 16.2 Å². The van der Waals surface area contributed by atoms with Crippen LogP contribution >= 0.6 is 7.92 Å². The summed E-state index contributed by atoms with van der Waals surface area (Å²) in [6, 6.07) is 28.2. The van der Waals surface area contributed by atoms with Gasteiger partial charge in [0, 0.05) is 32.5 Å². The highest BCUT2D eigenvalue weighted by molar-refractivity contribution is 7.80. The minimum Gasteiger partial charge on any atom is -0.496 e. The fourth-order valence-electron chi connectivity index (χ4n) is 5.63. The van der Waals surface area contributed by atoms with E-state index in [0.717, 1.165) is 33.6 Å². The molecule has 0 aromatic heterocycles. The number of rotatable bonds is 5. The van der Waals surface area contributed by atoms with Gasteiger partial charge in [-0.1, -0.05) is 110 Å². The van der Waals surface area contributed by atoms with Gasteiger partial charge in [0.25, 0.3) is 0 Å². The molecule has 0 spiro atoms. The normalized spacial score (nSPS) is 14.2. The number of para-hydroxylation sites is 2. The first-order chi connectivity index (χ1) is 19.3. The van der Waals surface area contributed by atoms with Crippen molar-refractivity contribution in [3.63, 3.8) is 0 Å². The maximum atomic E-state index is 6.99. The van der Waals surface area contributed by atoms with Crippen LogP contribution in [0.4, 0.5) is 0 Å². The standard InChI is InChI=1S/C37H43O3P/c1-35(2,3)24-19-20-28-26(21-24)37(7,8)27-22-25(36(4,5)6)23-33(34(27)40-28)41(31-17-13-11-15-29(31)38-9)32-18-14-12-16-30(32)39-10/h11-23H,1-10H3. The third-order valence-corrected chi connectivity index (χ3v) is 10.7. The highest BCUT2D eigenvalue weighted by Crippen LogP contribution is 2.53. The molecule has 3 nitrogen and oxygen atoms in total. The van der Waals surface area contributed by atoms with E-state index in [1.807, 2.05) is 24.3 Å². The Hall–Kier alpha value is -3.29. The van der Waals surface area contributed by atoms with Crippen molar-refractivity contribution < 1.29 is 14.2 Å². The van der Waals surface area contributed by atoms with E-state index in [1.54, 1.807) is 14.2 Å². The Morgan fingerprint density at radius 1 is 0.610 bits per heavy atom. The third-order valence-electron chi connectivity index (χ3n) is 8.23. The minimum absolute atomic E-state index is 0.0475. The second-order valence-corrected chi connectivity index (χ2v) is 15.6. The van der Waals surface area contributed by atoms with Gasteiger partial charge < -0.3 is 14.2 Å². The molecule has 4 aromatic rings. The van der Waals surface area contributed by atoms with Gasteiger partial charge in [-0.2, -0.15) is 0 Å². The Morgan fingerprint density at radius 2 is 1.12 bits per heavy atom. The van der Waals surface area contributed by atoms with E-state index >= 15 is 0 Å². The van der Waals surface area contributed by atoms with Crippen LogP contribution in [0, 0.1) is 0 Å². The van der Waals surface area contributed by atoms with E-state index in [9.17, 15) is 0 Å². The lowest BCUT2D eigenvalue weighted by molar-refractivity contribution is 0.417. The molecule has 1 aliphatic rings. The molecule has 5 rings (SSSR count). The highest BCUT2D eigenvalue weighted by atomic mass is 31.1. The lowest BCUT2D eigenvalue weighted by Crippen LogP contribution is -2.32. The quantitative estimate of drug-likeness (QED) is 0.227. The van der Waals surface area contributed by atoms with Crippen molar-refractivity contribution in [3.05, 3.63) is 101 Å². The largest absolute Gasteiger partial charge is 0.496 e. The van der Waals surface area contributed by atoms with Crippen molar-refractivity contribution >= 4 is 23.8 Å². The summed E-state index contributed by atoms with van der Waals surface area (Å²) in [5.74, 6) is 3.60. The molecule has 0 unspecified atom stereocenters. The van der Waals surface area contributed by atoms with Gasteiger partial charge >= 0.3 is 0 Å². The summed E-state index contributed by atoms with van der Waals surface area (Å²) in [5, 5.41) is 3.45. The lowest BCUT2D eigenvalue weighted by atomic mass is 9.72. The Bertz CT molecular complexity index is 1540. The summed E-state index contributed by atoms with van der Waals surface area (Å²) in [7, 11) is 2.39. The second-order valence-electron chi connectivity index (χ2n) is 13.5. The zero-order valence-electron chi connectivity index (χ0n) is 26.2. The number of ether oxygens (including phenoxy) is 3. The summed E-state index contributed by atoms with van der Waals surface area (Å²) in [6.45, 7) is 18.3. The van der Waals surface area contributed by atoms with Crippen molar-refractivity contribution in [1.29, 1.82) is 0 Å². The molecule has 0 saturated heterocycles. The van der Waals surface area contributed by atoms with Crippen LogP contribution in [0.2, 0.25) is 0 Å². The molecule has 0 atom stereocenters. The zero-order valence-corrected chi connectivity index (χ0v) is 27.1. The minimum atomic E-state index is -1.11. The van der Waals surface area contributed by atoms with Crippen LogP contribution in [0.5, 0.6) is 23.0 Å². The SMILES string of the molecule is COc1ccccc1P(c1ccccc1OC)c1cc(C(C)(C)C)cc2c1Oc1ccc(C(C)(C)C)cc1C2(C)C. The van der Waals surface area contributed by atoms with Crippen molar-refractivity contribution in [2.75, 3.05) is 14.2 Å². The average molecular weight is 567 g/mol. The van der Waals surface area contributed by atoms with Gasteiger partial charge in [-0.25, -0.2) is 0 Å². The summed E-state index contributed by atoms with van der Waals surface area (Å²) < 4.78 is 18.9. The molecule has 4 aromatic carbocycles. The molecule has 0 saturated carbocycles. The molecule has 214 valence electrons. The van der Waals surface area contributed by atoms with Crippen LogP contribution < -0.4 is 30.1 Å². The molecule has 1 heterocycles. The maximum Gasteiger partial charge on any atom is 0.139 e. The molecule has 0 N–H and O–H groups in total. The summed E-state index contributed by atoms with van der Waals surface area (Å²) >= 11 is 0. The van der Waals surface area contributed by atoms with E-state index < -0.39 is 7.92 Å². The average Bonchev–Trinajstić information content (AvgIpc) is 2.92. The number of benzene rings is 4. The van der Waals surface area contributed by atoms with Gasteiger partial charge in [-0.15, -0.1) is 0 Å². The molecular formula is C37H43O3P. The fourth-order valence-corrected chi connectivity index (χ4v) is 8.29. The van der Waals surface area contributed by atoms with E-state index in [-0.39, 0.29) is 16.2 Å². The van der Waals surface area contributed by atoms with E-state index in [0.29, 0.717) is 0 Å². The smallest absolute Gasteiger partial charge is 0.139 e. The number of hydrogen-bond acceptors (Lipinski definition) is 3. The van der Waals surface area contributed by atoms with Gasteiger partial charge in [0.2, 0.25) is 0 Å². The zero-order chi connectivity index (χ0) is 29.7. The fraction of sp³-hybridized carbons (Fsp3) is 0.351. The van der Waals surface area contributed by atoms with Gasteiger partial charge in [-0.3, -0.25) is 0 Å². The van der Waals surface area contributed by atoms with Crippen LogP contribution in [0.3, 0.4) is 0 Å². The predicted octanol–water partition coefficient (Wildman–Crippen LogP) is 8.49. The lowest BCUT2D eigenvalue weighted by Gasteiger charge is -2.39. The molecule has 0 radical (unpaired) electrons. The van der Waals surface area contributed by atoms with Crippen LogP contribution in [0.1, 0.15) is 77.6 Å². The van der Waals surface area contributed by atoms with Crippen LogP contribution in [0.15, 0.2) is 78.9 Å². The highest BCUT2D eigenvalue weighted by Gasteiger charge is 2.40. The van der Waals surface area contributed by atoms with Crippen molar-refractivity contribution in [2.24, 2.45) is 0 Å². The Morgan fingerprint density at radius 3 is 1.63 bits per heavy atom. The molecule has 0 aliphatic carbocycles. The van der Waals surface area contributed by atoms with Crippen LogP contribution in [0.25, 0.3) is 0 Å². The monoisotopic (exact) mass is 566 g/mol. The third kappa shape index (κ3) is 5.26. The predicted molar refractivity (Wildman–Crippen MR) is 174 cm³/mol. The summed E-state index contributed by atoms with van der Waals surface area (Å²) in [6.07, 6.45) is 0. The van der Waals surface area contributed by atoms with Gasteiger partial charge in [0.05, 0.1) is 14.2 Å². The first-order valence-electron chi connectivity index (χ1n) is 14.4. The second kappa shape index (κ2) is 10.5. The van der Waals surface area contributed by atoms with Gasteiger partial charge in [0.15, 0.2) is 0 Å². The Balaban J connectivity index is 1.87. The van der Waals surface area contributed by atoms with Gasteiger partial charge in [-0.05, 0) is 54.1 Å². The molecular weight excluding hydrogens is 523 g/mol. The molecule has 4 heteroatoms. The molecule has 41 heavy (non-hydrogen) atoms. The van der Waals surface area contributed by atoms with E-state index in [2.05, 4.69) is 110 Å². The summed E-state index contributed by atoms with van der Waals surface area (Å²) in [5.41, 5.74) is 4.78. The summed E-state index contributed by atoms with van der Waals surface area (Å²) in [4.78, 5) is 0. The molecule has 1 aliphatic heterocycles. The Kier molecular flexibility index (Phi) is 7.49. The first-order valence-corrected chi connectivity index (χ1v) is 15.7. The first kappa shape index (κ1) is 29.2. The topological polar surface area (TPSA) is 27.7 Å². The number of fused-ring (bicyclic) bond motifs is 2. The van der Waals surface area contributed by atoms with E-state index in [1.165, 1.54) is 27.6 Å². The Labute approximate surface area is 247 Å². The van der Waals surface area contributed by atoms with Crippen molar-refractivity contribution in [1.82, 2.24) is 0 Å². The molecule has 0 bridgehead atoms. The van der Waals surface area contributed by atoms with Gasteiger partial charge in [0.1, 0.15) is 23.0 Å². The van der Waals surface area contributed by atoms with Crippen molar-refractivity contribution in [3.8, 4) is 23.0 Å². The van der Waals surface area contributed by atoms with E-state index in [4.69, 9.17) is 14.2 Å². The number of methoxy groups -OCH3 is 2. The molecule has 0 amide bonds. The van der Waals surface area contributed by atoms with Crippen molar-refractivity contribution in [2.45, 2.75) is 71.6 Å². The molecule has 0 fully saturated rings. The number of hydrogen-bond donors (Lipinski definition) is 0. The van der Waals surface area contributed by atoms with Crippen LogP contribution in [-0.4, -0.2) is 14.2 Å². The maximum absolute atomic E-state index is 6.99.